The number of rotatable bonds is 2. The predicted molar refractivity (Wildman–Crippen MR) is 54.4 cm³/mol. The lowest BCUT2D eigenvalue weighted by molar-refractivity contribution is -0.139. The molecule has 1 saturated carbocycles. The van der Waals surface area contributed by atoms with Gasteiger partial charge in [0.25, 0.3) is 0 Å². The van der Waals surface area contributed by atoms with Gasteiger partial charge in [-0.05, 0) is 13.8 Å². The van der Waals surface area contributed by atoms with Gasteiger partial charge < -0.3 is 10.2 Å². The molecule has 1 aliphatic rings. The third-order valence-electron chi connectivity index (χ3n) is 3.07. The van der Waals surface area contributed by atoms with Crippen LogP contribution in [0.25, 0.3) is 0 Å². The van der Waals surface area contributed by atoms with Crippen molar-refractivity contribution in [2.75, 3.05) is 0 Å². The van der Waals surface area contributed by atoms with Crippen molar-refractivity contribution in [1.29, 1.82) is 0 Å². The second-order valence-corrected chi connectivity index (χ2v) is 5.14. The maximum Gasteiger partial charge on any atom is 0.328 e. The van der Waals surface area contributed by atoms with E-state index in [0.29, 0.717) is 0 Å². The van der Waals surface area contributed by atoms with E-state index in [2.05, 4.69) is 0 Å². The van der Waals surface area contributed by atoms with Crippen LogP contribution >= 0.6 is 11.6 Å². The molecule has 80 valence electrons. The summed E-state index contributed by atoms with van der Waals surface area (Å²) in [5.74, 6) is -1.18. The first-order valence-electron chi connectivity index (χ1n) is 4.42. The molecule has 4 heteroatoms. The van der Waals surface area contributed by atoms with Crippen LogP contribution < -0.4 is 0 Å². The zero-order valence-corrected chi connectivity index (χ0v) is 9.51. The number of alkyl halides is 1. The molecule has 0 aromatic carbocycles. The predicted octanol–water partition coefficient (Wildman–Crippen LogP) is 1.79. The first-order valence-corrected chi connectivity index (χ1v) is 4.80. The Bertz CT molecular complexity index is 317. The highest BCUT2D eigenvalue weighted by atomic mass is 35.5. The van der Waals surface area contributed by atoms with E-state index in [1.165, 1.54) is 6.08 Å². The number of hydrogen-bond donors (Lipinski definition) is 2. The second kappa shape index (κ2) is 2.74. The first kappa shape index (κ1) is 11.5. The Morgan fingerprint density at radius 2 is 1.79 bits per heavy atom. The van der Waals surface area contributed by atoms with E-state index >= 15 is 0 Å². The molecule has 2 unspecified atom stereocenters. The van der Waals surface area contributed by atoms with Gasteiger partial charge in [0.1, 0.15) is 5.60 Å². The molecule has 0 saturated heterocycles. The first-order chi connectivity index (χ1) is 6.11. The molecular formula is C10H15ClO3. The lowest BCUT2D eigenvalue weighted by atomic mass is 10.1. The van der Waals surface area contributed by atoms with Crippen LogP contribution in [0.15, 0.2) is 11.6 Å². The van der Waals surface area contributed by atoms with Gasteiger partial charge >= 0.3 is 5.97 Å². The number of carboxylic acid groups (broad SMARTS) is 1. The van der Waals surface area contributed by atoms with Crippen LogP contribution in [0.2, 0.25) is 0 Å². The molecule has 0 spiro atoms. The normalized spacial score (nSPS) is 39.0. The van der Waals surface area contributed by atoms with Crippen molar-refractivity contribution < 1.29 is 15.0 Å². The van der Waals surface area contributed by atoms with Crippen LogP contribution in [-0.4, -0.2) is 26.7 Å². The largest absolute Gasteiger partial charge is 0.480 e. The van der Waals surface area contributed by atoms with Gasteiger partial charge in [-0.1, -0.05) is 25.5 Å². The highest BCUT2D eigenvalue weighted by Gasteiger charge is 2.85. The summed E-state index contributed by atoms with van der Waals surface area (Å²) in [6.45, 7) is 6.89. The van der Waals surface area contributed by atoms with Gasteiger partial charge in [0, 0.05) is 5.41 Å². The number of aliphatic carboxylic acids is 1. The summed E-state index contributed by atoms with van der Waals surface area (Å²) in [5.41, 5.74) is -1.44. The van der Waals surface area contributed by atoms with Crippen molar-refractivity contribution in [3.63, 3.8) is 0 Å². The van der Waals surface area contributed by atoms with Crippen LogP contribution in [0, 0.1) is 5.41 Å². The molecule has 1 rings (SSSR count). The van der Waals surface area contributed by atoms with Gasteiger partial charge in [-0.15, -0.1) is 11.6 Å². The van der Waals surface area contributed by atoms with Crippen LogP contribution in [0.3, 0.4) is 0 Å². The molecule has 0 aliphatic heterocycles. The van der Waals surface area contributed by atoms with E-state index < -0.39 is 21.9 Å². The Kier molecular flexibility index (Phi) is 2.25. The van der Waals surface area contributed by atoms with Crippen molar-refractivity contribution in [3.8, 4) is 0 Å². The number of carbonyl (C=O) groups is 1. The number of hydrogen-bond acceptors (Lipinski definition) is 2. The fraction of sp³-hybridized carbons (Fsp3) is 0.700. The maximum atomic E-state index is 11.0. The molecule has 0 aromatic heterocycles. The second-order valence-electron chi connectivity index (χ2n) is 4.58. The number of allylic oxidation sites excluding steroid dienone is 1. The molecule has 14 heavy (non-hydrogen) atoms. The fourth-order valence-electron chi connectivity index (χ4n) is 1.96. The average Bonchev–Trinajstić information content (AvgIpc) is 2.30. The van der Waals surface area contributed by atoms with E-state index in [1.807, 2.05) is 0 Å². The standard InChI is InChI=1S/C10H15ClO3/c1-6(2)5-9(14)8(3,4)10(9,11)7(12)13/h5,14H,1-4H3,(H,12,13). The molecule has 2 N–H and O–H groups in total. The molecule has 3 nitrogen and oxygen atoms in total. The summed E-state index contributed by atoms with van der Waals surface area (Å²) in [5, 5.41) is 19.1. The van der Waals surface area contributed by atoms with Gasteiger partial charge in [0.15, 0.2) is 4.87 Å². The Labute approximate surface area is 88.4 Å². The molecule has 0 aromatic rings. The van der Waals surface area contributed by atoms with Crippen molar-refractivity contribution in [2.45, 2.75) is 38.2 Å². The molecule has 2 atom stereocenters. The number of aliphatic hydroxyl groups is 1. The Hall–Kier alpha value is -0.540. The minimum Gasteiger partial charge on any atom is -0.480 e. The van der Waals surface area contributed by atoms with Crippen LogP contribution in [-0.2, 0) is 4.79 Å². The Morgan fingerprint density at radius 3 is 2.00 bits per heavy atom. The molecule has 0 bridgehead atoms. The topological polar surface area (TPSA) is 57.5 Å². The fourth-order valence-corrected chi connectivity index (χ4v) is 2.35. The SMILES string of the molecule is CC(C)=CC1(O)C(C)(C)C1(Cl)C(=O)O. The van der Waals surface area contributed by atoms with E-state index in [9.17, 15) is 9.90 Å². The lowest BCUT2D eigenvalue weighted by Gasteiger charge is -2.07. The zero-order chi connectivity index (χ0) is 11.4. The third kappa shape index (κ3) is 0.997. The van der Waals surface area contributed by atoms with Gasteiger partial charge in [-0.25, -0.2) is 0 Å². The Morgan fingerprint density at radius 1 is 1.36 bits per heavy atom. The molecule has 0 amide bonds. The summed E-state index contributed by atoms with van der Waals surface area (Å²) < 4.78 is 0. The summed E-state index contributed by atoms with van der Waals surface area (Å²) in [4.78, 5) is 9.37. The van der Waals surface area contributed by atoms with Crippen LogP contribution in [0.4, 0.5) is 0 Å². The van der Waals surface area contributed by atoms with Crippen molar-refractivity contribution >= 4 is 17.6 Å². The summed E-state index contributed by atoms with van der Waals surface area (Å²) in [7, 11) is 0. The van der Waals surface area contributed by atoms with E-state index in [4.69, 9.17) is 16.7 Å². The molecular weight excluding hydrogens is 204 g/mol. The number of halogens is 1. The quantitative estimate of drug-likeness (QED) is 0.549. The Balaban J connectivity index is 3.18. The third-order valence-corrected chi connectivity index (χ3v) is 3.99. The van der Waals surface area contributed by atoms with E-state index in [1.54, 1.807) is 27.7 Å². The summed E-state index contributed by atoms with van der Waals surface area (Å²) >= 11 is 5.93. The van der Waals surface area contributed by atoms with Crippen molar-refractivity contribution in [2.24, 2.45) is 5.41 Å². The highest BCUT2D eigenvalue weighted by Crippen LogP contribution is 2.70. The summed E-state index contributed by atoms with van der Waals surface area (Å²) in [6, 6.07) is 0. The van der Waals surface area contributed by atoms with Crippen LogP contribution in [0.5, 0.6) is 0 Å². The minimum absolute atomic E-state index is 0.843. The smallest absolute Gasteiger partial charge is 0.328 e. The highest BCUT2D eigenvalue weighted by molar-refractivity contribution is 6.39. The minimum atomic E-state index is -1.60. The molecule has 0 heterocycles. The van der Waals surface area contributed by atoms with Crippen molar-refractivity contribution in [3.05, 3.63) is 11.6 Å². The van der Waals surface area contributed by atoms with Gasteiger partial charge in [-0.3, -0.25) is 4.79 Å². The summed E-state index contributed by atoms with van der Waals surface area (Å²) in [6.07, 6.45) is 1.52. The lowest BCUT2D eigenvalue weighted by Crippen LogP contribution is -2.27. The van der Waals surface area contributed by atoms with E-state index in [-0.39, 0.29) is 0 Å². The number of carboxylic acids is 1. The van der Waals surface area contributed by atoms with Gasteiger partial charge in [0.2, 0.25) is 0 Å². The van der Waals surface area contributed by atoms with E-state index in [0.717, 1.165) is 5.57 Å². The van der Waals surface area contributed by atoms with Crippen LogP contribution in [0.1, 0.15) is 27.7 Å². The average molecular weight is 219 g/mol. The zero-order valence-electron chi connectivity index (χ0n) is 8.76. The molecule has 1 fully saturated rings. The maximum absolute atomic E-state index is 11.0. The van der Waals surface area contributed by atoms with Gasteiger partial charge in [0.05, 0.1) is 0 Å². The molecule has 1 aliphatic carbocycles. The monoisotopic (exact) mass is 218 g/mol. The van der Waals surface area contributed by atoms with Crippen molar-refractivity contribution in [1.82, 2.24) is 0 Å². The van der Waals surface area contributed by atoms with Gasteiger partial charge in [-0.2, -0.15) is 0 Å². The molecule has 0 radical (unpaired) electrons.